The molecular formula is C28H26F5N3O3. The molecular weight excluding hydrogens is 521 g/mol. The normalized spacial score (nSPS) is 15.9. The van der Waals surface area contributed by atoms with Gasteiger partial charge in [0.1, 0.15) is 23.6 Å². The van der Waals surface area contributed by atoms with Gasteiger partial charge in [-0.15, -0.1) is 0 Å². The van der Waals surface area contributed by atoms with Gasteiger partial charge in [-0.2, -0.15) is 0 Å². The van der Waals surface area contributed by atoms with Crippen molar-refractivity contribution in [1.29, 1.82) is 0 Å². The standard InChI is InChI=1S/C28H26F5N3O3/c1-39-19-4-5-24-20(15-19)25(23(32)16-34-24)21(30)6-7-28(27(37)35-38)8-11-36(12-9-28)10-2-3-17-13-18(29)14-22(31)26(17)33/h4-5,13-16,21,38H,6-12H2,1H3,(H,35,37)/t21-/m1/s1. The van der Waals surface area contributed by atoms with Gasteiger partial charge < -0.3 is 4.74 Å². The van der Waals surface area contributed by atoms with Crippen LogP contribution in [0.4, 0.5) is 22.0 Å². The minimum Gasteiger partial charge on any atom is -0.497 e. The molecule has 1 atom stereocenters. The first-order valence-corrected chi connectivity index (χ1v) is 12.2. The van der Waals surface area contributed by atoms with E-state index in [1.807, 2.05) is 4.90 Å². The van der Waals surface area contributed by atoms with Crippen LogP contribution in [0.15, 0.2) is 36.5 Å². The molecule has 0 radical (unpaired) electrons. The van der Waals surface area contributed by atoms with Crippen molar-refractivity contribution in [3.05, 3.63) is 70.9 Å². The molecule has 0 aliphatic carbocycles. The maximum Gasteiger partial charge on any atom is 0.249 e. The van der Waals surface area contributed by atoms with Gasteiger partial charge >= 0.3 is 0 Å². The van der Waals surface area contributed by atoms with Gasteiger partial charge in [-0.1, -0.05) is 11.8 Å². The zero-order valence-corrected chi connectivity index (χ0v) is 21.0. The number of rotatable bonds is 7. The number of ether oxygens (including phenoxy) is 1. The Morgan fingerprint density at radius 1 is 1.18 bits per heavy atom. The predicted octanol–water partition coefficient (Wildman–Crippen LogP) is 5.23. The number of nitrogens with zero attached hydrogens (tertiary/aromatic N) is 2. The summed E-state index contributed by atoms with van der Waals surface area (Å²) in [5, 5.41) is 9.64. The second-order valence-corrected chi connectivity index (χ2v) is 9.46. The number of carbonyl (C=O) groups excluding carboxylic acids is 1. The van der Waals surface area contributed by atoms with Crippen LogP contribution in [0.5, 0.6) is 5.75 Å². The van der Waals surface area contributed by atoms with Crippen LogP contribution in [0.25, 0.3) is 10.9 Å². The summed E-state index contributed by atoms with van der Waals surface area (Å²) in [6.45, 7) is 0.807. The Kier molecular flexibility index (Phi) is 8.67. The molecule has 0 unspecified atom stereocenters. The Morgan fingerprint density at radius 3 is 2.62 bits per heavy atom. The highest BCUT2D eigenvalue weighted by Gasteiger charge is 2.41. The van der Waals surface area contributed by atoms with E-state index in [0.717, 1.165) is 12.3 Å². The Balaban J connectivity index is 1.45. The van der Waals surface area contributed by atoms with Gasteiger partial charge in [0, 0.05) is 30.1 Å². The third-order valence-corrected chi connectivity index (χ3v) is 7.17. The smallest absolute Gasteiger partial charge is 0.249 e. The molecule has 206 valence electrons. The SMILES string of the molecule is COc1ccc2ncc(F)c([C@H](F)CCC3(C(=O)NO)CCN(CC#Cc4cc(F)cc(F)c4F)CC3)c2c1. The molecule has 3 aromatic rings. The number of carbonyl (C=O) groups is 1. The number of methoxy groups -OCH3 is 1. The molecule has 2 heterocycles. The van der Waals surface area contributed by atoms with Crippen molar-refractivity contribution in [2.45, 2.75) is 31.9 Å². The summed E-state index contributed by atoms with van der Waals surface area (Å²) < 4.78 is 76.0. The largest absolute Gasteiger partial charge is 0.497 e. The van der Waals surface area contributed by atoms with Crippen LogP contribution in [-0.4, -0.2) is 47.7 Å². The fraction of sp³-hybridized carbons (Fsp3) is 0.357. The van der Waals surface area contributed by atoms with Crippen molar-refractivity contribution in [1.82, 2.24) is 15.4 Å². The number of piperidine rings is 1. The number of likely N-dealkylation sites (tertiary alicyclic amines) is 1. The number of aromatic nitrogens is 1. The summed E-state index contributed by atoms with van der Waals surface area (Å²) in [6.07, 6.45) is -0.479. The number of nitrogens with one attached hydrogen (secondary N) is 1. The fourth-order valence-electron chi connectivity index (χ4n) is 4.90. The molecule has 1 saturated heterocycles. The van der Waals surface area contributed by atoms with E-state index in [-0.39, 0.29) is 43.2 Å². The van der Waals surface area contributed by atoms with Crippen molar-refractivity contribution in [2.75, 3.05) is 26.7 Å². The maximum atomic E-state index is 15.5. The molecule has 2 aromatic carbocycles. The van der Waals surface area contributed by atoms with E-state index in [0.29, 0.717) is 30.4 Å². The summed E-state index contributed by atoms with van der Waals surface area (Å²) >= 11 is 0. The molecule has 0 bridgehead atoms. The van der Waals surface area contributed by atoms with Crippen LogP contribution in [0.3, 0.4) is 0 Å². The Labute approximate surface area is 221 Å². The van der Waals surface area contributed by atoms with E-state index in [2.05, 4.69) is 16.8 Å². The van der Waals surface area contributed by atoms with E-state index in [4.69, 9.17) is 4.74 Å². The van der Waals surface area contributed by atoms with Crippen LogP contribution in [0.1, 0.15) is 43.0 Å². The van der Waals surface area contributed by atoms with Crippen molar-refractivity contribution in [3.63, 3.8) is 0 Å². The second-order valence-electron chi connectivity index (χ2n) is 9.46. The number of hydroxylamine groups is 1. The number of halogens is 5. The molecule has 1 aromatic heterocycles. The molecule has 1 fully saturated rings. The highest BCUT2D eigenvalue weighted by molar-refractivity contribution is 5.84. The molecule has 1 amide bonds. The number of pyridine rings is 1. The third kappa shape index (κ3) is 6.13. The van der Waals surface area contributed by atoms with E-state index in [9.17, 15) is 27.6 Å². The topological polar surface area (TPSA) is 74.7 Å². The fourth-order valence-corrected chi connectivity index (χ4v) is 4.90. The number of benzene rings is 2. The molecule has 2 N–H and O–H groups in total. The summed E-state index contributed by atoms with van der Waals surface area (Å²) in [5.41, 5.74) is 0.377. The molecule has 11 heteroatoms. The van der Waals surface area contributed by atoms with Crippen molar-refractivity contribution in [2.24, 2.45) is 5.41 Å². The van der Waals surface area contributed by atoms with E-state index in [1.54, 1.807) is 17.6 Å². The van der Waals surface area contributed by atoms with Gasteiger partial charge in [0.25, 0.3) is 0 Å². The highest BCUT2D eigenvalue weighted by atomic mass is 19.2. The number of hydrogen-bond donors (Lipinski definition) is 2. The van der Waals surface area contributed by atoms with Gasteiger partial charge in [-0.25, -0.2) is 27.4 Å². The monoisotopic (exact) mass is 547 g/mol. The molecule has 1 aliphatic heterocycles. The van der Waals surface area contributed by atoms with Gasteiger partial charge in [0.2, 0.25) is 5.91 Å². The summed E-state index contributed by atoms with van der Waals surface area (Å²) in [4.78, 5) is 18.5. The number of hydrogen-bond acceptors (Lipinski definition) is 5. The molecule has 4 rings (SSSR count). The summed E-state index contributed by atoms with van der Waals surface area (Å²) in [7, 11) is 1.44. The minimum atomic E-state index is -1.75. The number of amides is 1. The van der Waals surface area contributed by atoms with Crippen LogP contribution in [-0.2, 0) is 4.79 Å². The average Bonchev–Trinajstić information content (AvgIpc) is 2.94. The number of fused-ring (bicyclic) bond motifs is 1. The third-order valence-electron chi connectivity index (χ3n) is 7.17. The van der Waals surface area contributed by atoms with E-state index < -0.39 is 46.3 Å². The molecule has 39 heavy (non-hydrogen) atoms. The van der Waals surface area contributed by atoms with Gasteiger partial charge in [0.15, 0.2) is 11.6 Å². The average molecular weight is 548 g/mol. The van der Waals surface area contributed by atoms with Gasteiger partial charge in [0.05, 0.1) is 36.3 Å². The first-order valence-electron chi connectivity index (χ1n) is 12.2. The first kappa shape index (κ1) is 28.3. The van der Waals surface area contributed by atoms with Crippen molar-refractivity contribution in [3.8, 4) is 17.6 Å². The molecule has 0 spiro atoms. The Bertz CT molecular complexity index is 1430. The summed E-state index contributed by atoms with van der Waals surface area (Å²) in [6, 6.07) is 5.98. The molecule has 0 saturated carbocycles. The van der Waals surface area contributed by atoms with E-state index >= 15 is 4.39 Å². The van der Waals surface area contributed by atoms with Crippen LogP contribution >= 0.6 is 0 Å². The molecule has 1 aliphatic rings. The number of alkyl halides is 1. The lowest BCUT2D eigenvalue weighted by Crippen LogP contribution is -2.48. The Morgan fingerprint density at radius 2 is 1.92 bits per heavy atom. The van der Waals surface area contributed by atoms with Crippen LogP contribution < -0.4 is 10.2 Å². The Hall–Kier alpha value is -3.75. The molecule has 6 nitrogen and oxygen atoms in total. The lowest BCUT2D eigenvalue weighted by atomic mass is 9.73. The predicted molar refractivity (Wildman–Crippen MR) is 133 cm³/mol. The minimum absolute atomic E-state index is 0.0289. The van der Waals surface area contributed by atoms with Crippen molar-refractivity contribution < 1.29 is 36.7 Å². The van der Waals surface area contributed by atoms with Crippen LogP contribution in [0.2, 0.25) is 0 Å². The first-order chi connectivity index (χ1) is 18.7. The summed E-state index contributed by atoms with van der Waals surface area (Å²) in [5.74, 6) is 0.519. The van der Waals surface area contributed by atoms with Gasteiger partial charge in [-0.05, 0) is 49.9 Å². The highest BCUT2D eigenvalue weighted by Crippen LogP contribution is 2.41. The maximum absolute atomic E-state index is 15.5. The quantitative estimate of drug-likeness (QED) is 0.139. The van der Waals surface area contributed by atoms with Crippen molar-refractivity contribution >= 4 is 16.8 Å². The lowest BCUT2D eigenvalue weighted by Gasteiger charge is -2.39. The van der Waals surface area contributed by atoms with Gasteiger partial charge in [-0.3, -0.25) is 19.9 Å². The zero-order chi connectivity index (χ0) is 28.2. The second kappa shape index (κ2) is 12.0. The zero-order valence-electron chi connectivity index (χ0n) is 21.0. The lowest BCUT2D eigenvalue weighted by molar-refractivity contribution is -0.143. The van der Waals surface area contributed by atoms with Crippen LogP contribution in [0, 0.1) is 40.5 Å². The van der Waals surface area contributed by atoms with E-state index in [1.165, 1.54) is 13.2 Å².